The molecule has 0 saturated carbocycles. The van der Waals surface area contributed by atoms with Crippen molar-refractivity contribution in [2.24, 2.45) is 5.92 Å². The van der Waals surface area contributed by atoms with Crippen LogP contribution in [0.2, 0.25) is 0 Å². The Balaban J connectivity index is 1.54. The number of carbonyl (C=O) groups excluding carboxylic acids is 1. The molecule has 5 nitrogen and oxygen atoms in total. The van der Waals surface area contributed by atoms with Gasteiger partial charge in [0, 0.05) is 25.6 Å². The third-order valence-corrected chi connectivity index (χ3v) is 5.35. The van der Waals surface area contributed by atoms with Gasteiger partial charge in [-0.15, -0.1) is 0 Å². The lowest BCUT2D eigenvalue weighted by molar-refractivity contribution is 0.112. The lowest BCUT2D eigenvalue weighted by Gasteiger charge is -2.27. The fourth-order valence-electron chi connectivity index (χ4n) is 4.22. The first-order chi connectivity index (χ1) is 13.1. The Bertz CT molecular complexity index is 775. The Labute approximate surface area is 160 Å². The van der Waals surface area contributed by atoms with Gasteiger partial charge in [-0.05, 0) is 36.3 Å². The smallest absolute Gasteiger partial charge is 0.318 e. The van der Waals surface area contributed by atoms with Crippen molar-refractivity contribution in [1.29, 1.82) is 0 Å². The average Bonchev–Trinajstić information content (AvgIpc) is 2.80. The molecule has 1 atom stereocenters. The molecule has 2 aliphatic rings. The highest BCUT2D eigenvalue weighted by Crippen LogP contribution is 2.43. The number of nitrogens with one attached hydrogen (secondary N) is 1. The second kappa shape index (κ2) is 7.71. The minimum absolute atomic E-state index is 0.0132. The summed E-state index contributed by atoms with van der Waals surface area (Å²) in [6, 6.07) is 16.6. The van der Waals surface area contributed by atoms with Gasteiger partial charge in [-0.2, -0.15) is 0 Å². The quantitative estimate of drug-likeness (QED) is 0.910. The molecule has 1 heterocycles. The van der Waals surface area contributed by atoms with E-state index in [1.54, 1.807) is 0 Å². The molecule has 1 aliphatic carbocycles. The largest absolute Gasteiger partial charge is 0.379 e. The fourth-order valence-corrected chi connectivity index (χ4v) is 4.22. The first-order valence-electron chi connectivity index (χ1n) is 9.59. The molecule has 2 aromatic carbocycles. The van der Waals surface area contributed by atoms with Crippen molar-refractivity contribution in [3.63, 3.8) is 0 Å². The Morgan fingerprint density at radius 1 is 1.11 bits per heavy atom. The van der Waals surface area contributed by atoms with E-state index in [0.717, 1.165) is 13.1 Å². The predicted molar refractivity (Wildman–Crippen MR) is 107 cm³/mol. The summed E-state index contributed by atoms with van der Waals surface area (Å²) in [5.41, 5.74) is 4.76. The number of benzene rings is 2. The van der Waals surface area contributed by atoms with Gasteiger partial charge in [0.05, 0.1) is 19.3 Å². The molecule has 0 radical (unpaired) electrons. The first-order valence-corrected chi connectivity index (χ1v) is 9.59. The van der Waals surface area contributed by atoms with E-state index in [-0.39, 0.29) is 12.1 Å². The lowest BCUT2D eigenvalue weighted by atomic mass is 10.1. The fraction of sp³-hybridized carbons (Fsp3) is 0.409. The van der Waals surface area contributed by atoms with Crippen LogP contribution in [0.3, 0.4) is 0 Å². The van der Waals surface area contributed by atoms with Crippen molar-refractivity contribution in [2.75, 3.05) is 46.9 Å². The predicted octanol–water partition coefficient (Wildman–Crippen LogP) is 2.98. The topological polar surface area (TPSA) is 44.8 Å². The van der Waals surface area contributed by atoms with Gasteiger partial charge in [-0.1, -0.05) is 48.5 Å². The summed E-state index contributed by atoms with van der Waals surface area (Å²) in [7, 11) is 4.11. The van der Waals surface area contributed by atoms with Crippen LogP contribution in [0.4, 0.5) is 4.79 Å². The zero-order valence-electron chi connectivity index (χ0n) is 16.0. The van der Waals surface area contributed by atoms with E-state index in [1.807, 2.05) is 17.0 Å². The van der Waals surface area contributed by atoms with E-state index in [2.05, 4.69) is 60.7 Å². The second-order valence-corrected chi connectivity index (χ2v) is 7.71. The van der Waals surface area contributed by atoms with Crippen LogP contribution in [0.1, 0.15) is 17.2 Å². The van der Waals surface area contributed by atoms with Crippen molar-refractivity contribution < 1.29 is 9.53 Å². The first kappa shape index (κ1) is 18.0. The average molecular weight is 365 g/mol. The van der Waals surface area contributed by atoms with Crippen LogP contribution in [-0.4, -0.2) is 62.8 Å². The van der Waals surface area contributed by atoms with Gasteiger partial charge in [0.15, 0.2) is 0 Å². The Kier molecular flexibility index (Phi) is 5.14. The maximum Gasteiger partial charge on any atom is 0.318 e. The molecule has 1 N–H and O–H groups in total. The Hall–Kier alpha value is -2.37. The van der Waals surface area contributed by atoms with E-state index >= 15 is 0 Å². The highest BCUT2D eigenvalue weighted by Gasteiger charge is 2.31. The zero-order valence-corrected chi connectivity index (χ0v) is 16.0. The molecule has 4 rings (SSSR count). The van der Waals surface area contributed by atoms with Crippen molar-refractivity contribution >= 4 is 6.03 Å². The molecule has 5 heteroatoms. The van der Waals surface area contributed by atoms with Crippen LogP contribution < -0.4 is 5.32 Å². The Morgan fingerprint density at radius 3 is 2.37 bits per heavy atom. The Morgan fingerprint density at radius 2 is 1.74 bits per heavy atom. The van der Waals surface area contributed by atoms with Crippen LogP contribution >= 0.6 is 0 Å². The molecule has 1 aliphatic heterocycles. The van der Waals surface area contributed by atoms with Gasteiger partial charge in [-0.3, -0.25) is 0 Å². The van der Waals surface area contributed by atoms with E-state index < -0.39 is 0 Å². The third-order valence-electron chi connectivity index (χ3n) is 5.35. The number of rotatable bonds is 3. The summed E-state index contributed by atoms with van der Waals surface area (Å²) >= 11 is 0. The molecule has 1 fully saturated rings. The maximum absolute atomic E-state index is 13.1. The van der Waals surface area contributed by atoms with E-state index in [9.17, 15) is 4.79 Å². The van der Waals surface area contributed by atoms with E-state index in [0.29, 0.717) is 25.7 Å². The van der Waals surface area contributed by atoms with Gasteiger partial charge in [0.2, 0.25) is 0 Å². The summed E-state index contributed by atoms with van der Waals surface area (Å²) < 4.78 is 5.72. The molecule has 0 spiro atoms. The van der Waals surface area contributed by atoms with Crippen LogP contribution in [0, 0.1) is 5.92 Å². The van der Waals surface area contributed by atoms with Crippen molar-refractivity contribution in [3.05, 3.63) is 59.7 Å². The molecule has 1 unspecified atom stereocenters. The molecule has 0 bridgehead atoms. The SMILES string of the molecule is CN(C)CC1COCCN(C(=O)NC2c3ccccc3-c3ccccc32)C1. The van der Waals surface area contributed by atoms with Crippen LogP contribution in [-0.2, 0) is 4.74 Å². The summed E-state index contributed by atoms with van der Waals surface area (Å²) in [5.74, 6) is 0.330. The van der Waals surface area contributed by atoms with Crippen LogP contribution in [0.25, 0.3) is 11.1 Å². The van der Waals surface area contributed by atoms with Crippen LogP contribution in [0.15, 0.2) is 48.5 Å². The molecule has 2 amide bonds. The number of nitrogens with zero attached hydrogens (tertiary/aromatic N) is 2. The zero-order chi connectivity index (χ0) is 18.8. The number of fused-ring (bicyclic) bond motifs is 3. The summed E-state index contributed by atoms with van der Waals surface area (Å²) in [6.07, 6.45) is 0. The standard InChI is InChI=1S/C22H27N3O2/c1-24(2)13-16-14-25(11-12-27-15-16)22(26)23-21-19-9-5-3-7-17(19)18-8-4-6-10-20(18)21/h3-10,16,21H,11-15H2,1-2H3,(H,23,26). The number of ether oxygens (including phenoxy) is 1. The molecule has 142 valence electrons. The molecule has 27 heavy (non-hydrogen) atoms. The number of urea groups is 1. The highest BCUT2D eigenvalue weighted by molar-refractivity contribution is 5.82. The summed E-state index contributed by atoms with van der Waals surface area (Å²) in [6.45, 7) is 3.57. The van der Waals surface area contributed by atoms with Crippen molar-refractivity contribution in [3.8, 4) is 11.1 Å². The molecular weight excluding hydrogens is 338 g/mol. The second-order valence-electron chi connectivity index (χ2n) is 7.71. The van der Waals surface area contributed by atoms with Gasteiger partial charge >= 0.3 is 6.03 Å². The van der Waals surface area contributed by atoms with E-state index in [1.165, 1.54) is 22.3 Å². The normalized spacial score (nSPS) is 19.5. The summed E-state index contributed by atoms with van der Waals surface area (Å²) in [4.78, 5) is 17.2. The van der Waals surface area contributed by atoms with Gasteiger partial charge < -0.3 is 19.9 Å². The number of carbonyl (C=O) groups is 1. The van der Waals surface area contributed by atoms with Crippen molar-refractivity contribution in [1.82, 2.24) is 15.1 Å². The molecular formula is C22H27N3O2. The number of amides is 2. The third kappa shape index (κ3) is 3.70. The van der Waals surface area contributed by atoms with Gasteiger partial charge in [0.25, 0.3) is 0 Å². The minimum Gasteiger partial charge on any atom is -0.379 e. The lowest BCUT2D eigenvalue weighted by Crippen LogP contribution is -2.45. The molecule has 2 aromatic rings. The molecule has 1 saturated heterocycles. The van der Waals surface area contributed by atoms with E-state index in [4.69, 9.17) is 4.74 Å². The van der Waals surface area contributed by atoms with Crippen LogP contribution in [0.5, 0.6) is 0 Å². The number of hydrogen-bond donors (Lipinski definition) is 1. The summed E-state index contributed by atoms with van der Waals surface area (Å²) in [5, 5.41) is 3.28. The molecule has 0 aromatic heterocycles. The number of hydrogen-bond acceptors (Lipinski definition) is 3. The monoisotopic (exact) mass is 365 g/mol. The highest BCUT2D eigenvalue weighted by atomic mass is 16.5. The minimum atomic E-state index is -0.0960. The van der Waals surface area contributed by atoms with Gasteiger partial charge in [-0.25, -0.2) is 4.79 Å². The maximum atomic E-state index is 13.1. The van der Waals surface area contributed by atoms with Crippen molar-refractivity contribution in [2.45, 2.75) is 6.04 Å². The van der Waals surface area contributed by atoms with Gasteiger partial charge in [0.1, 0.15) is 0 Å².